The third-order valence-corrected chi connectivity index (χ3v) is 2.83. The largest absolute Gasteiger partial charge is 0.393 e. The lowest BCUT2D eigenvalue weighted by Gasteiger charge is -2.17. The molecule has 0 amide bonds. The van der Waals surface area contributed by atoms with E-state index in [2.05, 4.69) is 30.2 Å². The number of aromatic nitrogens is 2. The number of hydrogen-bond donors (Lipinski definition) is 1. The average Bonchev–Trinajstić information content (AvgIpc) is 2.56. The van der Waals surface area contributed by atoms with Crippen LogP contribution in [0.15, 0.2) is 24.4 Å². The Kier molecular flexibility index (Phi) is 2.91. The molecule has 2 N–H and O–H groups in total. The standard InChI is InChI=1S/C13H17N3S/c1-13(2,3)12-9(8-10(14)17)16-7-5-4-6-11(16)15-12/h4-7H,8H2,1-3H3,(H2,14,17). The molecule has 0 saturated carbocycles. The van der Waals surface area contributed by atoms with E-state index >= 15 is 0 Å². The smallest absolute Gasteiger partial charge is 0.137 e. The zero-order valence-corrected chi connectivity index (χ0v) is 11.2. The van der Waals surface area contributed by atoms with Gasteiger partial charge >= 0.3 is 0 Å². The second-order valence-corrected chi connectivity index (χ2v) is 5.75. The maximum Gasteiger partial charge on any atom is 0.137 e. The Balaban J connectivity index is 2.69. The number of hydrogen-bond acceptors (Lipinski definition) is 2. The predicted octanol–water partition coefficient (Wildman–Crippen LogP) is 2.46. The second kappa shape index (κ2) is 4.11. The molecule has 2 aromatic rings. The molecule has 3 nitrogen and oxygen atoms in total. The van der Waals surface area contributed by atoms with Gasteiger partial charge in [0.05, 0.1) is 16.4 Å². The molecule has 17 heavy (non-hydrogen) atoms. The van der Waals surface area contributed by atoms with Crippen LogP contribution in [-0.4, -0.2) is 14.4 Å². The monoisotopic (exact) mass is 247 g/mol. The van der Waals surface area contributed by atoms with Crippen molar-refractivity contribution >= 4 is 22.9 Å². The van der Waals surface area contributed by atoms with E-state index < -0.39 is 0 Å². The molecule has 0 radical (unpaired) electrons. The number of nitrogens with two attached hydrogens (primary N) is 1. The quantitative estimate of drug-likeness (QED) is 0.829. The maximum absolute atomic E-state index is 5.68. The van der Waals surface area contributed by atoms with E-state index in [1.165, 1.54) is 0 Å². The van der Waals surface area contributed by atoms with Gasteiger partial charge in [-0.25, -0.2) is 4.98 Å². The molecule has 2 heterocycles. The molecule has 2 rings (SSSR count). The van der Waals surface area contributed by atoms with Crippen molar-refractivity contribution in [1.29, 1.82) is 0 Å². The van der Waals surface area contributed by atoms with E-state index in [0.717, 1.165) is 17.0 Å². The summed E-state index contributed by atoms with van der Waals surface area (Å²) in [5.74, 6) is 0. The van der Waals surface area contributed by atoms with Crippen LogP contribution in [0.3, 0.4) is 0 Å². The molecule has 0 atom stereocenters. The van der Waals surface area contributed by atoms with Crippen LogP contribution < -0.4 is 5.73 Å². The molecule has 0 bridgehead atoms. The lowest BCUT2D eigenvalue weighted by molar-refractivity contribution is 0.567. The van der Waals surface area contributed by atoms with E-state index in [4.69, 9.17) is 18.0 Å². The molecule has 0 spiro atoms. The lowest BCUT2D eigenvalue weighted by Crippen LogP contribution is -2.19. The van der Waals surface area contributed by atoms with Crippen LogP contribution in [0.2, 0.25) is 0 Å². The van der Waals surface area contributed by atoms with E-state index in [1.54, 1.807) is 0 Å². The Bertz CT molecular complexity index is 564. The van der Waals surface area contributed by atoms with Gasteiger partial charge in [-0.15, -0.1) is 0 Å². The molecule has 0 aliphatic carbocycles. The summed E-state index contributed by atoms with van der Waals surface area (Å²) in [7, 11) is 0. The van der Waals surface area contributed by atoms with Crippen LogP contribution in [0.5, 0.6) is 0 Å². The Morgan fingerprint density at radius 3 is 2.71 bits per heavy atom. The van der Waals surface area contributed by atoms with Crippen molar-refractivity contribution in [2.75, 3.05) is 0 Å². The summed E-state index contributed by atoms with van der Waals surface area (Å²) < 4.78 is 2.07. The van der Waals surface area contributed by atoms with Crippen LogP contribution in [0.4, 0.5) is 0 Å². The third kappa shape index (κ3) is 2.31. The number of fused-ring (bicyclic) bond motifs is 1. The summed E-state index contributed by atoms with van der Waals surface area (Å²) in [5.41, 5.74) is 8.78. The zero-order chi connectivity index (χ0) is 12.6. The minimum Gasteiger partial charge on any atom is -0.393 e. The van der Waals surface area contributed by atoms with Gasteiger partial charge in [0.2, 0.25) is 0 Å². The summed E-state index contributed by atoms with van der Waals surface area (Å²) >= 11 is 5.03. The number of rotatable bonds is 2. The van der Waals surface area contributed by atoms with Crippen LogP contribution in [0, 0.1) is 0 Å². The highest BCUT2D eigenvalue weighted by Crippen LogP contribution is 2.26. The Labute approximate surface area is 107 Å². The van der Waals surface area contributed by atoms with Crippen LogP contribution in [-0.2, 0) is 11.8 Å². The summed E-state index contributed by atoms with van der Waals surface area (Å²) in [4.78, 5) is 5.19. The first kappa shape index (κ1) is 12.0. The Morgan fingerprint density at radius 2 is 2.12 bits per heavy atom. The van der Waals surface area contributed by atoms with Crippen LogP contribution in [0.25, 0.3) is 5.65 Å². The highest BCUT2D eigenvalue weighted by molar-refractivity contribution is 7.80. The molecule has 4 heteroatoms. The van der Waals surface area contributed by atoms with Crippen molar-refractivity contribution in [1.82, 2.24) is 9.38 Å². The average molecular weight is 247 g/mol. The van der Waals surface area contributed by atoms with Gasteiger partial charge in [0.15, 0.2) is 0 Å². The van der Waals surface area contributed by atoms with Gasteiger partial charge in [-0.3, -0.25) is 0 Å². The molecule has 0 saturated heterocycles. The van der Waals surface area contributed by atoms with Crippen molar-refractivity contribution in [3.05, 3.63) is 35.8 Å². The normalized spacial score (nSPS) is 11.9. The first-order chi connectivity index (χ1) is 7.89. The molecule has 0 unspecified atom stereocenters. The van der Waals surface area contributed by atoms with Gasteiger partial charge in [0.25, 0.3) is 0 Å². The van der Waals surface area contributed by atoms with Gasteiger partial charge in [-0.1, -0.05) is 39.1 Å². The first-order valence-electron chi connectivity index (χ1n) is 5.64. The lowest BCUT2D eigenvalue weighted by atomic mass is 9.90. The summed E-state index contributed by atoms with van der Waals surface area (Å²) in [5, 5.41) is 0. The number of thiocarbonyl (C=S) groups is 1. The minimum absolute atomic E-state index is 0.00780. The molecule has 2 aromatic heterocycles. The second-order valence-electron chi connectivity index (χ2n) is 5.23. The summed E-state index contributed by atoms with van der Waals surface area (Å²) in [6, 6.07) is 5.97. The predicted molar refractivity (Wildman–Crippen MR) is 74.4 cm³/mol. The van der Waals surface area contributed by atoms with Gasteiger partial charge in [0.1, 0.15) is 5.65 Å². The van der Waals surface area contributed by atoms with Crippen LogP contribution in [0.1, 0.15) is 32.2 Å². The van der Waals surface area contributed by atoms with Crippen molar-refractivity contribution in [3.63, 3.8) is 0 Å². The van der Waals surface area contributed by atoms with Crippen molar-refractivity contribution in [2.24, 2.45) is 5.73 Å². The third-order valence-electron chi connectivity index (χ3n) is 2.68. The van der Waals surface area contributed by atoms with E-state index in [1.807, 2.05) is 24.4 Å². The van der Waals surface area contributed by atoms with Crippen molar-refractivity contribution in [2.45, 2.75) is 32.6 Å². The maximum atomic E-state index is 5.68. The SMILES string of the molecule is CC(C)(C)c1nc2ccccn2c1CC(N)=S. The minimum atomic E-state index is -0.00780. The van der Waals surface area contributed by atoms with Crippen molar-refractivity contribution in [3.8, 4) is 0 Å². The molecule has 90 valence electrons. The zero-order valence-electron chi connectivity index (χ0n) is 10.4. The number of pyridine rings is 1. The van der Waals surface area contributed by atoms with Gasteiger partial charge in [-0.05, 0) is 12.1 Å². The fraction of sp³-hybridized carbons (Fsp3) is 0.385. The van der Waals surface area contributed by atoms with Crippen molar-refractivity contribution < 1.29 is 0 Å². The first-order valence-corrected chi connectivity index (χ1v) is 6.05. The fourth-order valence-electron chi connectivity index (χ4n) is 1.98. The van der Waals surface area contributed by atoms with Gasteiger partial charge in [-0.2, -0.15) is 0 Å². The molecule has 0 aliphatic heterocycles. The molecular weight excluding hydrogens is 230 g/mol. The Hall–Kier alpha value is -1.42. The summed E-state index contributed by atoms with van der Waals surface area (Å²) in [6.07, 6.45) is 2.60. The molecular formula is C13H17N3S. The van der Waals surface area contributed by atoms with Gasteiger partial charge < -0.3 is 10.1 Å². The van der Waals surface area contributed by atoms with Crippen LogP contribution >= 0.6 is 12.2 Å². The van der Waals surface area contributed by atoms with E-state index in [-0.39, 0.29) is 5.41 Å². The molecule has 0 fully saturated rings. The highest BCUT2D eigenvalue weighted by Gasteiger charge is 2.23. The van der Waals surface area contributed by atoms with E-state index in [9.17, 15) is 0 Å². The number of nitrogens with zero attached hydrogens (tertiary/aromatic N) is 2. The highest BCUT2D eigenvalue weighted by atomic mass is 32.1. The topological polar surface area (TPSA) is 43.3 Å². The Morgan fingerprint density at radius 1 is 1.41 bits per heavy atom. The summed E-state index contributed by atoms with van der Waals surface area (Å²) in [6.45, 7) is 6.45. The molecule has 0 aromatic carbocycles. The number of imidazole rings is 1. The van der Waals surface area contributed by atoms with E-state index in [0.29, 0.717) is 11.4 Å². The van der Waals surface area contributed by atoms with Gasteiger partial charge in [0, 0.05) is 18.0 Å². The fourth-order valence-corrected chi connectivity index (χ4v) is 2.12. The molecule has 0 aliphatic rings.